The molecule has 1 aromatic rings. The van der Waals surface area contributed by atoms with Gasteiger partial charge in [-0.15, -0.1) is 0 Å². The molecule has 0 atom stereocenters. The van der Waals surface area contributed by atoms with Crippen molar-refractivity contribution in [2.24, 2.45) is 0 Å². The average Bonchev–Trinajstić information content (AvgIpc) is 2.18. The SMILES string of the molecule is CC(=O)c1cccc(Cl)c1OC(=O)C(F)(F)F. The van der Waals surface area contributed by atoms with Crippen LogP contribution in [-0.2, 0) is 4.79 Å². The van der Waals surface area contributed by atoms with Crippen LogP contribution < -0.4 is 4.74 Å². The van der Waals surface area contributed by atoms with Crippen LogP contribution in [0.25, 0.3) is 0 Å². The first-order valence-corrected chi connectivity index (χ1v) is 4.69. The molecule has 0 aliphatic rings. The summed E-state index contributed by atoms with van der Waals surface area (Å²) in [6, 6.07) is 3.80. The van der Waals surface area contributed by atoms with Crippen LogP contribution in [0.2, 0.25) is 5.02 Å². The molecule has 0 unspecified atom stereocenters. The van der Waals surface area contributed by atoms with Gasteiger partial charge in [0.25, 0.3) is 0 Å². The average molecular weight is 267 g/mol. The second kappa shape index (κ2) is 4.75. The number of para-hydroxylation sites is 1. The van der Waals surface area contributed by atoms with Crippen molar-refractivity contribution in [1.82, 2.24) is 0 Å². The lowest BCUT2D eigenvalue weighted by Crippen LogP contribution is -2.28. The van der Waals surface area contributed by atoms with E-state index in [-0.39, 0.29) is 10.6 Å². The molecule has 0 aliphatic heterocycles. The highest BCUT2D eigenvalue weighted by Crippen LogP contribution is 2.31. The second-order valence-electron chi connectivity index (χ2n) is 3.06. The van der Waals surface area contributed by atoms with Gasteiger partial charge in [0.2, 0.25) is 0 Å². The predicted octanol–water partition coefficient (Wildman–Crippen LogP) is 3.01. The molecular formula is C10H6ClF3O3. The first kappa shape index (κ1) is 13.5. The molecule has 0 aromatic heterocycles. The normalized spacial score (nSPS) is 11.1. The Morgan fingerprint density at radius 3 is 2.35 bits per heavy atom. The summed E-state index contributed by atoms with van der Waals surface area (Å²) < 4.78 is 40.1. The number of benzene rings is 1. The van der Waals surface area contributed by atoms with E-state index >= 15 is 0 Å². The molecular weight excluding hydrogens is 261 g/mol. The fourth-order valence-corrected chi connectivity index (χ4v) is 1.25. The van der Waals surface area contributed by atoms with E-state index in [4.69, 9.17) is 11.6 Å². The Morgan fingerprint density at radius 2 is 1.88 bits per heavy atom. The van der Waals surface area contributed by atoms with Gasteiger partial charge in [-0.25, -0.2) is 4.79 Å². The van der Waals surface area contributed by atoms with Crippen molar-refractivity contribution >= 4 is 23.4 Å². The lowest BCUT2D eigenvalue weighted by Gasteiger charge is -2.11. The minimum absolute atomic E-state index is 0.185. The highest BCUT2D eigenvalue weighted by molar-refractivity contribution is 6.32. The third kappa shape index (κ3) is 3.20. The van der Waals surface area contributed by atoms with Crippen molar-refractivity contribution < 1.29 is 27.5 Å². The zero-order chi connectivity index (χ0) is 13.2. The van der Waals surface area contributed by atoms with E-state index in [1.54, 1.807) is 0 Å². The van der Waals surface area contributed by atoms with E-state index in [1.807, 2.05) is 0 Å². The van der Waals surface area contributed by atoms with Crippen LogP contribution >= 0.6 is 11.6 Å². The van der Waals surface area contributed by atoms with E-state index in [1.165, 1.54) is 18.2 Å². The fourth-order valence-electron chi connectivity index (χ4n) is 1.04. The maximum atomic E-state index is 12.0. The maximum absolute atomic E-state index is 12.0. The summed E-state index contributed by atoms with van der Waals surface area (Å²) in [6.45, 7) is 1.12. The topological polar surface area (TPSA) is 43.4 Å². The zero-order valence-corrected chi connectivity index (χ0v) is 9.22. The van der Waals surface area contributed by atoms with Crippen LogP contribution in [0.4, 0.5) is 13.2 Å². The lowest BCUT2D eigenvalue weighted by molar-refractivity contribution is -0.189. The van der Waals surface area contributed by atoms with Crippen LogP contribution in [0.1, 0.15) is 17.3 Å². The molecule has 0 saturated carbocycles. The Hall–Kier alpha value is -1.56. The Kier molecular flexibility index (Phi) is 3.77. The summed E-state index contributed by atoms with van der Waals surface area (Å²) in [4.78, 5) is 21.8. The number of ether oxygens (including phenoxy) is 1. The minimum Gasteiger partial charge on any atom is -0.417 e. The first-order valence-electron chi connectivity index (χ1n) is 4.32. The van der Waals surface area contributed by atoms with E-state index in [0.717, 1.165) is 6.92 Å². The number of halogens is 4. The molecule has 0 aliphatic carbocycles. The largest absolute Gasteiger partial charge is 0.491 e. The number of hydrogen-bond donors (Lipinski definition) is 0. The van der Waals surface area contributed by atoms with Crippen molar-refractivity contribution in [3.63, 3.8) is 0 Å². The second-order valence-corrected chi connectivity index (χ2v) is 3.47. The van der Waals surface area contributed by atoms with Gasteiger partial charge in [0.05, 0.1) is 10.6 Å². The highest BCUT2D eigenvalue weighted by atomic mass is 35.5. The molecule has 3 nitrogen and oxygen atoms in total. The van der Waals surface area contributed by atoms with Gasteiger partial charge in [-0.05, 0) is 19.1 Å². The number of Topliss-reactive ketones (excluding diaryl/α,β-unsaturated/α-hetero) is 1. The van der Waals surface area contributed by atoms with Crippen LogP contribution in [0.3, 0.4) is 0 Å². The summed E-state index contributed by atoms with van der Waals surface area (Å²) in [5.41, 5.74) is -0.185. The number of carbonyl (C=O) groups is 2. The van der Waals surface area contributed by atoms with Crippen molar-refractivity contribution in [2.45, 2.75) is 13.1 Å². The van der Waals surface area contributed by atoms with E-state index in [2.05, 4.69) is 4.74 Å². The summed E-state index contributed by atoms with van der Waals surface area (Å²) >= 11 is 5.57. The van der Waals surface area contributed by atoms with Crippen LogP contribution in [0.15, 0.2) is 18.2 Å². The van der Waals surface area contributed by atoms with Gasteiger partial charge in [-0.2, -0.15) is 13.2 Å². The summed E-state index contributed by atoms with van der Waals surface area (Å²) in [5, 5.41) is -0.240. The maximum Gasteiger partial charge on any atom is 0.491 e. The Bertz CT molecular complexity index is 468. The third-order valence-corrected chi connectivity index (χ3v) is 2.07. The van der Waals surface area contributed by atoms with Gasteiger partial charge in [0, 0.05) is 0 Å². The molecule has 0 bridgehead atoms. The van der Waals surface area contributed by atoms with Crippen molar-refractivity contribution in [1.29, 1.82) is 0 Å². The van der Waals surface area contributed by atoms with Crippen LogP contribution in [-0.4, -0.2) is 17.9 Å². The van der Waals surface area contributed by atoms with Crippen LogP contribution in [0.5, 0.6) is 5.75 Å². The predicted molar refractivity (Wildman–Crippen MR) is 53.1 cm³/mol. The van der Waals surface area contributed by atoms with E-state index in [0.29, 0.717) is 0 Å². The lowest BCUT2D eigenvalue weighted by atomic mass is 10.1. The molecule has 7 heteroatoms. The number of rotatable bonds is 2. The van der Waals surface area contributed by atoms with Gasteiger partial charge < -0.3 is 4.74 Å². The van der Waals surface area contributed by atoms with Gasteiger partial charge in [0.15, 0.2) is 11.5 Å². The molecule has 1 aromatic carbocycles. The molecule has 0 amide bonds. The summed E-state index contributed by atoms with van der Waals surface area (Å²) in [6.07, 6.45) is -5.15. The van der Waals surface area contributed by atoms with Crippen LogP contribution in [0, 0.1) is 0 Å². The standard InChI is InChI=1S/C10H6ClF3O3/c1-5(15)6-3-2-4-7(11)8(6)17-9(16)10(12,13)14/h2-4H,1H3. The molecule has 0 spiro atoms. The molecule has 92 valence electrons. The van der Waals surface area contributed by atoms with Crippen molar-refractivity contribution in [3.05, 3.63) is 28.8 Å². The summed E-state index contributed by atoms with van der Waals surface area (Å²) in [5.74, 6) is -3.56. The molecule has 0 heterocycles. The van der Waals surface area contributed by atoms with Crippen molar-refractivity contribution in [2.75, 3.05) is 0 Å². The monoisotopic (exact) mass is 266 g/mol. The fraction of sp³-hybridized carbons (Fsp3) is 0.200. The number of esters is 1. The van der Waals surface area contributed by atoms with Gasteiger partial charge in [-0.1, -0.05) is 17.7 Å². The molecule has 0 N–H and O–H groups in total. The first-order chi connectivity index (χ1) is 7.73. The molecule has 1 rings (SSSR count). The van der Waals surface area contributed by atoms with Gasteiger partial charge >= 0.3 is 12.1 Å². The summed E-state index contributed by atoms with van der Waals surface area (Å²) in [7, 11) is 0. The quantitative estimate of drug-likeness (QED) is 0.469. The number of ketones is 1. The molecule has 0 fully saturated rings. The number of alkyl halides is 3. The van der Waals surface area contributed by atoms with Gasteiger partial charge in [0.1, 0.15) is 0 Å². The Labute approximate surface area is 99.1 Å². The van der Waals surface area contributed by atoms with Crippen molar-refractivity contribution in [3.8, 4) is 5.75 Å². The highest BCUT2D eigenvalue weighted by Gasteiger charge is 2.42. The van der Waals surface area contributed by atoms with E-state index < -0.39 is 23.7 Å². The smallest absolute Gasteiger partial charge is 0.417 e. The van der Waals surface area contributed by atoms with Gasteiger partial charge in [-0.3, -0.25) is 4.79 Å². The van der Waals surface area contributed by atoms with E-state index in [9.17, 15) is 22.8 Å². The third-order valence-electron chi connectivity index (χ3n) is 1.77. The number of hydrogen-bond acceptors (Lipinski definition) is 3. The number of carbonyl (C=O) groups excluding carboxylic acids is 2. The zero-order valence-electron chi connectivity index (χ0n) is 8.47. The molecule has 0 saturated heterocycles. The molecule has 0 radical (unpaired) electrons. The minimum atomic E-state index is -5.15. The Balaban J connectivity index is 3.14. The molecule has 17 heavy (non-hydrogen) atoms. The Morgan fingerprint density at radius 1 is 1.29 bits per heavy atom.